The van der Waals surface area contributed by atoms with Gasteiger partial charge in [-0.2, -0.15) is 11.8 Å². The molecule has 1 N–H and O–H groups in total. The van der Waals surface area contributed by atoms with Crippen LogP contribution in [-0.2, 0) is 4.79 Å². The van der Waals surface area contributed by atoms with Gasteiger partial charge in [-0.3, -0.25) is 4.79 Å². The largest absolute Gasteiger partial charge is 0.490 e. The minimum atomic E-state index is 0.0262. The molecule has 0 aliphatic carbocycles. The maximum atomic E-state index is 11.9. The molecular formula is C16H23NO3S. The first-order valence-corrected chi connectivity index (χ1v) is 8.58. The molecule has 1 heterocycles. The van der Waals surface area contributed by atoms with Crippen LogP contribution in [0.5, 0.6) is 11.5 Å². The summed E-state index contributed by atoms with van der Waals surface area (Å²) in [7, 11) is 0. The molecule has 4 nitrogen and oxygen atoms in total. The van der Waals surface area contributed by atoms with Gasteiger partial charge in [0, 0.05) is 18.2 Å². The van der Waals surface area contributed by atoms with Crippen molar-refractivity contribution in [2.24, 2.45) is 5.92 Å². The van der Waals surface area contributed by atoms with Crippen LogP contribution in [0.25, 0.3) is 0 Å². The lowest BCUT2D eigenvalue weighted by atomic mass is 10.2. The molecule has 0 radical (unpaired) electrons. The summed E-state index contributed by atoms with van der Waals surface area (Å²) in [4.78, 5) is 11.9. The molecule has 1 aliphatic heterocycles. The van der Waals surface area contributed by atoms with Gasteiger partial charge in [0.1, 0.15) is 0 Å². The highest BCUT2D eigenvalue weighted by atomic mass is 32.2. The van der Waals surface area contributed by atoms with Crippen molar-refractivity contribution in [2.45, 2.75) is 26.7 Å². The Labute approximate surface area is 130 Å². The number of carbonyl (C=O) groups is 1. The fourth-order valence-electron chi connectivity index (χ4n) is 1.92. The van der Waals surface area contributed by atoms with Crippen molar-refractivity contribution in [2.75, 3.05) is 30.0 Å². The molecule has 1 aromatic carbocycles. The zero-order valence-corrected chi connectivity index (χ0v) is 13.5. The van der Waals surface area contributed by atoms with Gasteiger partial charge in [0.15, 0.2) is 11.5 Å². The van der Waals surface area contributed by atoms with E-state index in [0.717, 1.165) is 30.0 Å². The minimum Gasteiger partial charge on any atom is -0.490 e. The molecule has 0 bridgehead atoms. The van der Waals surface area contributed by atoms with Crippen LogP contribution in [0, 0.1) is 5.92 Å². The number of carbonyl (C=O) groups excluding carboxylic acids is 1. The standard InChI is InChI=1S/C16H23NO3S/c1-12(2)6-9-21-11-16(18)17-13-4-5-14-15(10-13)20-8-3-7-19-14/h4-5,10,12H,3,6-9,11H2,1-2H3,(H,17,18). The predicted molar refractivity (Wildman–Crippen MR) is 87.5 cm³/mol. The molecule has 116 valence electrons. The van der Waals surface area contributed by atoms with Gasteiger partial charge in [-0.1, -0.05) is 13.8 Å². The number of fused-ring (bicyclic) bond motifs is 1. The summed E-state index contributed by atoms with van der Waals surface area (Å²) in [5.74, 6) is 3.67. The number of hydrogen-bond donors (Lipinski definition) is 1. The van der Waals surface area contributed by atoms with Crippen LogP contribution >= 0.6 is 11.8 Å². The zero-order chi connectivity index (χ0) is 15.1. The van der Waals surface area contributed by atoms with Crippen LogP contribution < -0.4 is 14.8 Å². The Morgan fingerprint density at radius 1 is 1.29 bits per heavy atom. The third-order valence-corrected chi connectivity index (χ3v) is 4.09. The van der Waals surface area contributed by atoms with Crippen molar-refractivity contribution in [3.05, 3.63) is 18.2 Å². The summed E-state index contributed by atoms with van der Waals surface area (Å²) in [5.41, 5.74) is 0.758. The van der Waals surface area contributed by atoms with E-state index in [9.17, 15) is 4.79 Å². The molecule has 0 saturated heterocycles. The lowest BCUT2D eigenvalue weighted by molar-refractivity contribution is -0.113. The molecule has 1 aromatic rings. The second-order valence-electron chi connectivity index (χ2n) is 5.50. The first kappa shape index (κ1) is 16.0. The minimum absolute atomic E-state index is 0.0262. The Balaban J connectivity index is 1.82. The van der Waals surface area contributed by atoms with E-state index in [2.05, 4.69) is 19.2 Å². The third-order valence-electron chi connectivity index (χ3n) is 3.10. The zero-order valence-electron chi connectivity index (χ0n) is 12.7. The lowest BCUT2D eigenvalue weighted by Crippen LogP contribution is -2.14. The highest BCUT2D eigenvalue weighted by molar-refractivity contribution is 7.99. The van der Waals surface area contributed by atoms with Crippen LogP contribution in [-0.4, -0.2) is 30.6 Å². The summed E-state index contributed by atoms with van der Waals surface area (Å²) in [6, 6.07) is 5.53. The number of thioether (sulfide) groups is 1. The van der Waals surface area contributed by atoms with Crippen molar-refractivity contribution in [3.8, 4) is 11.5 Å². The number of hydrogen-bond acceptors (Lipinski definition) is 4. The Morgan fingerprint density at radius 3 is 2.81 bits per heavy atom. The highest BCUT2D eigenvalue weighted by Gasteiger charge is 2.11. The second kappa shape index (κ2) is 8.17. The van der Waals surface area contributed by atoms with E-state index in [1.165, 1.54) is 0 Å². The molecule has 5 heteroatoms. The van der Waals surface area contributed by atoms with E-state index in [1.807, 2.05) is 18.2 Å². The fourth-order valence-corrected chi connectivity index (χ4v) is 2.96. The van der Waals surface area contributed by atoms with Crippen molar-refractivity contribution in [1.29, 1.82) is 0 Å². The van der Waals surface area contributed by atoms with E-state index >= 15 is 0 Å². The van der Waals surface area contributed by atoms with Gasteiger partial charge in [-0.05, 0) is 30.2 Å². The molecule has 1 aliphatic rings. The summed E-state index contributed by atoms with van der Waals surface area (Å²) in [6.45, 7) is 5.71. The number of benzene rings is 1. The van der Waals surface area contributed by atoms with Crippen molar-refractivity contribution in [1.82, 2.24) is 0 Å². The van der Waals surface area contributed by atoms with E-state index in [1.54, 1.807) is 11.8 Å². The normalized spacial score (nSPS) is 13.9. The van der Waals surface area contributed by atoms with Crippen molar-refractivity contribution in [3.63, 3.8) is 0 Å². The quantitative estimate of drug-likeness (QED) is 0.816. The van der Waals surface area contributed by atoms with Crippen molar-refractivity contribution < 1.29 is 14.3 Å². The van der Waals surface area contributed by atoms with Crippen molar-refractivity contribution >= 4 is 23.4 Å². The molecule has 2 rings (SSSR count). The molecule has 0 spiro atoms. The topological polar surface area (TPSA) is 47.6 Å². The van der Waals surface area contributed by atoms with Crippen LogP contribution in [0.3, 0.4) is 0 Å². The number of nitrogens with one attached hydrogen (secondary N) is 1. The molecule has 0 atom stereocenters. The Bertz CT molecular complexity index is 477. The van der Waals surface area contributed by atoms with E-state index in [0.29, 0.717) is 30.6 Å². The Morgan fingerprint density at radius 2 is 2.05 bits per heavy atom. The van der Waals surface area contributed by atoms with Crippen LogP contribution in [0.15, 0.2) is 18.2 Å². The molecule has 0 saturated carbocycles. The molecular weight excluding hydrogens is 286 g/mol. The number of amides is 1. The van der Waals surface area contributed by atoms with Gasteiger partial charge in [0.25, 0.3) is 0 Å². The molecule has 1 amide bonds. The van der Waals surface area contributed by atoms with Gasteiger partial charge in [0.2, 0.25) is 5.91 Å². The molecule has 0 fully saturated rings. The van der Waals surface area contributed by atoms with Gasteiger partial charge in [0.05, 0.1) is 19.0 Å². The first-order valence-electron chi connectivity index (χ1n) is 7.42. The predicted octanol–water partition coefficient (Wildman–Crippen LogP) is 3.57. The van der Waals surface area contributed by atoms with Crippen LogP contribution in [0.1, 0.15) is 26.7 Å². The second-order valence-corrected chi connectivity index (χ2v) is 6.60. The summed E-state index contributed by atoms with van der Waals surface area (Å²) < 4.78 is 11.2. The van der Waals surface area contributed by atoms with E-state index in [-0.39, 0.29) is 5.91 Å². The Kier molecular flexibility index (Phi) is 6.23. The maximum Gasteiger partial charge on any atom is 0.234 e. The summed E-state index contributed by atoms with van der Waals surface area (Å²) in [5, 5.41) is 2.91. The number of rotatable bonds is 6. The van der Waals surface area contributed by atoms with Gasteiger partial charge in [-0.25, -0.2) is 0 Å². The monoisotopic (exact) mass is 309 g/mol. The van der Waals surface area contributed by atoms with E-state index in [4.69, 9.17) is 9.47 Å². The fraction of sp³-hybridized carbons (Fsp3) is 0.562. The van der Waals surface area contributed by atoms with Gasteiger partial charge in [-0.15, -0.1) is 0 Å². The average molecular weight is 309 g/mol. The maximum absolute atomic E-state index is 11.9. The van der Waals surface area contributed by atoms with E-state index < -0.39 is 0 Å². The van der Waals surface area contributed by atoms with Crippen LogP contribution in [0.2, 0.25) is 0 Å². The summed E-state index contributed by atoms with van der Waals surface area (Å²) >= 11 is 1.67. The number of anilines is 1. The SMILES string of the molecule is CC(C)CCSCC(=O)Nc1ccc2c(c1)OCCCO2. The van der Waals surface area contributed by atoms with Crippen LogP contribution in [0.4, 0.5) is 5.69 Å². The lowest BCUT2D eigenvalue weighted by Gasteiger charge is -2.10. The Hall–Kier alpha value is -1.36. The van der Waals surface area contributed by atoms with Gasteiger partial charge >= 0.3 is 0 Å². The summed E-state index contributed by atoms with van der Waals surface area (Å²) in [6.07, 6.45) is 2.02. The smallest absolute Gasteiger partial charge is 0.234 e. The highest BCUT2D eigenvalue weighted by Crippen LogP contribution is 2.32. The molecule has 21 heavy (non-hydrogen) atoms. The third kappa shape index (κ3) is 5.50. The number of ether oxygens (including phenoxy) is 2. The average Bonchev–Trinajstić information content (AvgIpc) is 2.68. The first-order chi connectivity index (χ1) is 10.1. The molecule has 0 aromatic heterocycles. The van der Waals surface area contributed by atoms with Gasteiger partial charge < -0.3 is 14.8 Å². The molecule has 0 unspecified atom stereocenters.